The van der Waals surface area contributed by atoms with Crippen LogP contribution >= 0.6 is 23.2 Å². The predicted octanol–water partition coefficient (Wildman–Crippen LogP) is 6.20. The minimum absolute atomic E-state index is 0.00135. The van der Waals surface area contributed by atoms with Gasteiger partial charge in [-0.3, -0.25) is 0 Å². The number of nitro groups is 2. The first-order valence-electron chi connectivity index (χ1n) is 12.8. The van der Waals surface area contributed by atoms with Crippen molar-refractivity contribution in [1.29, 1.82) is 0 Å². The Morgan fingerprint density at radius 1 is 0.523 bits per heavy atom. The molecule has 0 amide bonds. The van der Waals surface area contributed by atoms with Crippen molar-refractivity contribution in [2.75, 3.05) is 0 Å². The van der Waals surface area contributed by atoms with E-state index in [0.717, 1.165) is 42.8 Å². The molecule has 2 N–H and O–H groups in total. The van der Waals surface area contributed by atoms with Gasteiger partial charge in [0.05, 0.1) is 0 Å². The van der Waals surface area contributed by atoms with Crippen LogP contribution in [0.5, 0.6) is 0 Å². The van der Waals surface area contributed by atoms with Gasteiger partial charge in [-0.25, -0.2) is 0 Å². The molecule has 4 aromatic carbocycles. The van der Waals surface area contributed by atoms with Gasteiger partial charge in [0, 0.05) is 0 Å². The van der Waals surface area contributed by atoms with Crippen molar-refractivity contribution in [3.05, 3.63) is 127 Å². The van der Waals surface area contributed by atoms with Crippen molar-refractivity contribution in [3.8, 4) is 45.3 Å². The zero-order chi connectivity index (χ0) is 30.8. The summed E-state index contributed by atoms with van der Waals surface area (Å²) in [6, 6.07) is 27.4. The second-order valence-corrected chi connectivity index (χ2v) is 16.1. The van der Waals surface area contributed by atoms with Gasteiger partial charge in [0.1, 0.15) is 0 Å². The summed E-state index contributed by atoms with van der Waals surface area (Å²) >= 11 is 11.8. The van der Waals surface area contributed by atoms with E-state index in [-0.39, 0.29) is 37.6 Å². The molecule has 0 bridgehead atoms. The van der Waals surface area contributed by atoms with Crippen LogP contribution in [0.3, 0.4) is 0 Å². The number of nitrogens with one attached hydrogen (secondary N) is 2. The van der Waals surface area contributed by atoms with Crippen molar-refractivity contribution < 1.29 is 9.85 Å². The number of hydrogen-bond donors (Lipinski definition) is 2. The molecule has 0 atom stereocenters. The quantitative estimate of drug-likeness (QED) is 0.102. The first-order chi connectivity index (χ1) is 21.2. The van der Waals surface area contributed by atoms with Gasteiger partial charge in [0.25, 0.3) is 0 Å². The topological polar surface area (TPSA) is 144 Å². The molecular weight excluding hydrogens is 737 g/mol. The molecule has 14 heteroatoms. The second-order valence-electron chi connectivity index (χ2n) is 9.32. The standard InChI is InChI=1S/C30H18Cl2N6O4Se2/c31-21-9-1-19(2-10-21)27-33-25(17-5-13-23(14-6-17)37(39)40)29(35-27)43-44-30-26(18-7-15-24(16-8-18)38(41)42)34-28(36-30)20-3-11-22(32)12-4-20/h1-16H,(H,33,35)(H,34,36). The van der Waals surface area contributed by atoms with E-state index >= 15 is 0 Å². The van der Waals surface area contributed by atoms with Crippen molar-refractivity contribution in [2.24, 2.45) is 0 Å². The van der Waals surface area contributed by atoms with Crippen LogP contribution < -0.4 is 9.18 Å². The number of benzene rings is 4. The fourth-order valence-electron chi connectivity index (χ4n) is 4.29. The average molecular weight is 755 g/mol. The molecular formula is C30H18Cl2N6O4Se2. The van der Waals surface area contributed by atoms with Crippen LogP contribution in [-0.2, 0) is 0 Å². The van der Waals surface area contributed by atoms with Gasteiger partial charge in [0.2, 0.25) is 0 Å². The minimum atomic E-state index is -0.431. The first kappa shape index (κ1) is 29.8. The van der Waals surface area contributed by atoms with Crippen molar-refractivity contribution in [3.63, 3.8) is 0 Å². The van der Waals surface area contributed by atoms with E-state index in [2.05, 4.69) is 9.97 Å². The summed E-state index contributed by atoms with van der Waals surface area (Å²) in [5.74, 6) is 1.31. The van der Waals surface area contributed by atoms with E-state index < -0.39 is 9.85 Å². The molecule has 0 unspecified atom stereocenters. The molecule has 0 spiro atoms. The molecule has 6 aromatic rings. The molecule has 0 saturated carbocycles. The predicted molar refractivity (Wildman–Crippen MR) is 173 cm³/mol. The molecule has 0 radical (unpaired) electrons. The van der Waals surface area contributed by atoms with E-state index in [1.54, 1.807) is 48.5 Å². The third-order valence-corrected chi connectivity index (χ3v) is 13.4. The maximum absolute atomic E-state index is 11.2. The van der Waals surface area contributed by atoms with E-state index in [0.29, 0.717) is 21.7 Å². The monoisotopic (exact) mass is 756 g/mol. The van der Waals surface area contributed by atoms with Gasteiger partial charge in [-0.2, -0.15) is 0 Å². The molecule has 10 nitrogen and oxygen atoms in total. The molecule has 0 aliphatic heterocycles. The van der Waals surface area contributed by atoms with Gasteiger partial charge in [0.15, 0.2) is 0 Å². The summed E-state index contributed by atoms with van der Waals surface area (Å²) < 4.78 is 1.67. The molecule has 2 aromatic heterocycles. The van der Waals surface area contributed by atoms with Gasteiger partial charge < -0.3 is 0 Å². The van der Waals surface area contributed by atoms with Gasteiger partial charge >= 0.3 is 272 Å². The fourth-order valence-corrected chi connectivity index (χ4v) is 10.8. The summed E-state index contributed by atoms with van der Waals surface area (Å²) in [4.78, 5) is 38.4. The average Bonchev–Trinajstić information content (AvgIpc) is 3.66. The molecule has 44 heavy (non-hydrogen) atoms. The summed E-state index contributed by atoms with van der Waals surface area (Å²) in [6.07, 6.45) is 0. The molecule has 0 aliphatic carbocycles. The Kier molecular flexibility index (Phi) is 8.63. The summed E-state index contributed by atoms with van der Waals surface area (Å²) in [5.41, 5.74) is 4.80. The van der Waals surface area contributed by atoms with Crippen molar-refractivity contribution in [1.82, 2.24) is 19.9 Å². The van der Waals surface area contributed by atoms with Crippen LogP contribution in [0.1, 0.15) is 0 Å². The Bertz CT molecular complexity index is 1830. The molecule has 0 fully saturated rings. The Hall–Kier alpha value is -4.28. The number of non-ortho nitro benzene ring substituents is 2. The zero-order valence-corrected chi connectivity index (χ0v) is 27.2. The summed E-state index contributed by atoms with van der Waals surface area (Å²) in [6.45, 7) is 0. The van der Waals surface area contributed by atoms with Gasteiger partial charge in [-0.05, 0) is 0 Å². The molecule has 2 heterocycles. The van der Waals surface area contributed by atoms with Crippen LogP contribution in [0.15, 0.2) is 97.1 Å². The molecule has 6 rings (SSSR count). The van der Waals surface area contributed by atoms with Crippen LogP contribution in [0.4, 0.5) is 11.4 Å². The SMILES string of the molecule is O=[N+]([O-])c1ccc(-c2[nH]c(-c3ccc(Cl)cc3)nc2[Se][Se]c2nc(-c3ccc(Cl)cc3)[nH]c2-c2ccc([N+](=O)[O-])cc2)cc1. The third kappa shape index (κ3) is 6.46. The Morgan fingerprint density at radius 3 is 1.16 bits per heavy atom. The number of rotatable bonds is 9. The third-order valence-electron chi connectivity index (χ3n) is 6.51. The number of imidazole rings is 2. The van der Waals surface area contributed by atoms with E-state index in [1.165, 1.54) is 24.3 Å². The number of aromatic amines is 2. The van der Waals surface area contributed by atoms with E-state index in [9.17, 15) is 20.2 Å². The van der Waals surface area contributed by atoms with Crippen molar-refractivity contribution in [2.45, 2.75) is 0 Å². The number of H-pyrrole nitrogens is 2. The second kappa shape index (κ2) is 12.8. The van der Waals surface area contributed by atoms with Crippen LogP contribution in [0.25, 0.3) is 45.3 Å². The number of hydrogen-bond acceptors (Lipinski definition) is 6. The Labute approximate surface area is 271 Å². The Morgan fingerprint density at radius 2 is 0.841 bits per heavy atom. The number of nitrogens with zero attached hydrogens (tertiary/aromatic N) is 4. The normalized spacial score (nSPS) is 11.0. The van der Waals surface area contributed by atoms with Crippen LogP contribution in [0, 0.1) is 20.2 Å². The number of halogens is 2. The Balaban J connectivity index is 1.39. The fraction of sp³-hybridized carbons (Fsp3) is 0. The number of nitro benzene ring substituents is 2. The van der Waals surface area contributed by atoms with Crippen LogP contribution in [0.2, 0.25) is 10.0 Å². The summed E-state index contributed by atoms with van der Waals surface area (Å²) in [7, 11) is 0. The van der Waals surface area contributed by atoms with Gasteiger partial charge in [-0.1, -0.05) is 0 Å². The summed E-state index contributed by atoms with van der Waals surface area (Å²) in [5, 5.41) is 23.7. The number of aromatic nitrogens is 4. The first-order valence-corrected chi connectivity index (χ1v) is 19.6. The van der Waals surface area contributed by atoms with Gasteiger partial charge in [-0.15, -0.1) is 0 Å². The van der Waals surface area contributed by atoms with E-state index in [1.807, 2.05) is 24.3 Å². The molecule has 0 saturated heterocycles. The van der Waals surface area contributed by atoms with Crippen LogP contribution in [-0.4, -0.2) is 56.0 Å². The zero-order valence-electron chi connectivity index (χ0n) is 22.2. The molecule has 218 valence electrons. The van der Waals surface area contributed by atoms with Crippen molar-refractivity contribution >= 4 is 70.0 Å². The maximum atomic E-state index is 11.2. The molecule has 0 aliphatic rings. The van der Waals surface area contributed by atoms with E-state index in [4.69, 9.17) is 33.2 Å².